The summed E-state index contributed by atoms with van der Waals surface area (Å²) in [5, 5.41) is 0. The lowest BCUT2D eigenvalue weighted by Crippen LogP contribution is -2.46. The molecule has 25 heavy (non-hydrogen) atoms. The third-order valence-electron chi connectivity index (χ3n) is 5.31. The van der Waals surface area contributed by atoms with Gasteiger partial charge in [0, 0.05) is 17.9 Å². The number of fused-ring (bicyclic) bond motifs is 1. The number of benzene rings is 1. The number of halogens is 3. The lowest BCUT2D eigenvalue weighted by molar-refractivity contribution is -0.131. The zero-order chi connectivity index (χ0) is 18.4. The summed E-state index contributed by atoms with van der Waals surface area (Å²) in [4.78, 5) is 14.0. The Morgan fingerprint density at radius 3 is 2.48 bits per heavy atom. The number of nitrogens with zero attached hydrogens (tertiary/aromatic N) is 1. The quantitative estimate of drug-likeness (QED) is 0.835. The minimum atomic E-state index is -4.65. The van der Waals surface area contributed by atoms with Crippen molar-refractivity contribution in [2.75, 3.05) is 27.8 Å². The Kier molecular flexibility index (Phi) is 4.31. The number of methoxy groups -OCH3 is 2. The van der Waals surface area contributed by atoms with Crippen LogP contribution in [-0.2, 0) is 10.2 Å². The molecule has 1 aromatic carbocycles. The fraction of sp³-hybridized carbons (Fsp3) is 0.500. The highest BCUT2D eigenvalue weighted by Crippen LogP contribution is 2.49. The first-order valence-electron chi connectivity index (χ1n) is 7.99. The molecule has 0 saturated carbocycles. The molecule has 1 heterocycles. The molecule has 1 aliphatic heterocycles. The van der Waals surface area contributed by atoms with Crippen molar-refractivity contribution in [3.63, 3.8) is 0 Å². The van der Waals surface area contributed by atoms with E-state index in [1.54, 1.807) is 18.2 Å². The van der Waals surface area contributed by atoms with Crippen LogP contribution in [0.5, 0.6) is 11.5 Å². The molecule has 0 spiro atoms. The molecule has 0 N–H and O–H groups in total. The number of allylic oxidation sites excluding steroid dienone is 1. The molecule has 2 unspecified atom stereocenters. The van der Waals surface area contributed by atoms with Crippen LogP contribution >= 0.6 is 0 Å². The summed E-state index contributed by atoms with van der Waals surface area (Å²) in [6.45, 7) is 0.619. The maximum absolute atomic E-state index is 13.3. The van der Waals surface area contributed by atoms with Gasteiger partial charge in [-0.2, -0.15) is 13.2 Å². The number of ketones is 1. The van der Waals surface area contributed by atoms with Gasteiger partial charge in [-0.15, -0.1) is 0 Å². The molecule has 0 aromatic heterocycles. The number of hydrogen-bond acceptors (Lipinski definition) is 4. The molecular weight excluding hydrogens is 335 g/mol. The Morgan fingerprint density at radius 2 is 1.88 bits per heavy atom. The fourth-order valence-corrected chi connectivity index (χ4v) is 3.99. The van der Waals surface area contributed by atoms with Crippen molar-refractivity contribution in [2.45, 2.75) is 30.5 Å². The number of likely N-dealkylation sites (tertiary alicyclic amines) is 1. The van der Waals surface area contributed by atoms with E-state index in [1.807, 2.05) is 11.9 Å². The molecule has 1 aromatic rings. The van der Waals surface area contributed by atoms with Gasteiger partial charge in [-0.05, 0) is 37.7 Å². The molecule has 136 valence electrons. The van der Waals surface area contributed by atoms with Crippen LogP contribution in [0.2, 0.25) is 0 Å². The van der Waals surface area contributed by atoms with Crippen molar-refractivity contribution in [1.82, 2.24) is 4.90 Å². The van der Waals surface area contributed by atoms with Crippen molar-refractivity contribution in [3.05, 3.63) is 35.4 Å². The van der Waals surface area contributed by atoms with Gasteiger partial charge in [0.15, 0.2) is 17.3 Å². The van der Waals surface area contributed by atoms with Crippen LogP contribution in [0.25, 0.3) is 0 Å². The first-order valence-corrected chi connectivity index (χ1v) is 7.99. The molecule has 1 aliphatic carbocycles. The van der Waals surface area contributed by atoms with E-state index in [9.17, 15) is 18.0 Å². The molecule has 2 aliphatic rings. The molecule has 0 bridgehead atoms. The number of ether oxygens (including phenoxy) is 2. The predicted molar refractivity (Wildman–Crippen MR) is 86.0 cm³/mol. The Labute approximate surface area is 144 Å². The summed E-state index contributed by atoms with van der Waals surface area (Å²) in [6.07, 6.45) is -3.15. The fourth-order valence-electron chi connectivity index (χ4n) is 3.99. The topological polar surface area (TPSA) is 38.8 Å². The van der Waals surface area contributed by atoms with Gasteiger partial charge in [-0.25, -0.2) is 0 Å². The maximum atomic E-state index is 13.3. The SMILES string of the molecule is COc1ccc(C23C=C(C(F)(F)F)C(=O)CC2N(C)CC3)cc1OC. The van der Waals surface area contributed by atoms with Gasteiger partial charge in [-0.3, -0.25) is 4.79 Å². The smallest absolute Gasteiger partial charge is 0.419 e. The van der Waals surface area contributed by atoms with Crippen molar-refractivity contribution >= 4 is 5.78 Å². The van der Waals surface area contributed by atoms with Crippen LogP contribution in [0, 0.1) is 0 Å². The van der Waals surface area contributed by atoms with E-state index in [1.165, 1.54) is 14.2 Å². The van der Waals surface area contributed by atoms with E-state index in [-0.39, 0.29) is 12.5 Å². The Balaban J connectivity index is 2.18. The molecule has 2 atom stereocenters. The number of hydrogen-bond donors (Lipinski definition) is 0. The second-order valence-electron chi connectivity index (χ2n) is 6.54. The second kappa shape index (κ2) is 6.05. The van der Waals surface area contributed by atoms with Crippen molar-refractivity contribution in [2.24, 2.45) is 0 Å². The zero-order valence-corrected chi connectivity index (χ0v) is 14.3. The van der Waals surface area contributed by atoms with Gasteiger partial charge < -0.3 is 14.4 Å². The third kappa shape index (κ3) is 2.80. The van der Waals surface area contributed by atoms with Crippen LogP contribution in [0.15, 0.2) is 29.8 Å². The Morgan fingerprint density at radius 1 is 1.20 bits per heavy atom. The van der Waals surface area contributed by atoms with Gasteiger partial charge >= 0.3 is 6.18 Å². The average molecular weight is 355 g/mol. The summed E-state index contributed by atoms with van der Waals surface area (Å²) in [6, 6.07) is 4.86. The Bertz CT molecular complexity index is 729. The minimum Gasteiger partial charge on any atom is -0.493 e. The molecule has 1 saturated heterocycles. The number of rotatable bonds is 3. The Hall–Kier alpha value is -2.02. The van der Waals surface area contributed by atoms with Crippen LogP contribution in [0.4, 0.5) is 13.2 Å². The zero-order valence-electron chi connectivity index (χ0n) is 14.3. The summed E-state index contributed by atoms with van der Waals surface area (Å²) < 4.78 is 50.6. The first-order chi connectivity index (χ1) is 11.7. The molecule has 4 nitrogen and oxygen atoms in total. The van der Waals surface area contributed by atoms with E-state index < -0.39 is 22.9 Å². The van der Waals surface area contributed by atoms with Crippen LogP contribution in [-0.4, -0.2) is 50.7 Å². The normalized spacial score (nSPS) is 27.0. The number of alkyl halides is 3. The number of carbonyl (C=O) groups is 1. The van der Waals surface area contributed by atoms with E-state index in [4.69, 9.17) is 9.47 Å². The molecule has 1 fully saturated rings. The third-order valence-corrected chi connectivity index (χ3v) is 5.31. The first kappa shape index (κ1) is 17.8. The monoisotopic (exact) mass is 355 g/mol. The molecule has 3 rings (SSSR count). The standard InChI is InChI=1S/C18H20F3NO3/c1-22-7-6-17(11-4-5-14(24-2)15(8-11)25-3)10-12(18(19,20)21)13(23)9-16(17)22/h4-5,8,10,16H,6-7,9H2,1-3H3. The van der Waals surface area contributed by atoms with Gasteiger partial charge in [0.1, 0.15) is 0 Å². The summed E-state index contributed by atoms with van der Waals surface area (Å²) in [5.41, 5.74) is -1.21. The highest BCUT2D eigenvalue weighted by atomic mass is 19.4. The molecular formula is C18H20F3NO3. The minimum absolute atomic E-state index is 0.143. The number of Topliss-reactive ketones (excluding diaryl/α,β-unsaturated/α-hetero) is 1. The van der Waals surface area contributed by atoms with E-state index in [2.05, 4.69) is 0 Å². The summed E-state index contributed by atoms with van der Waals surface area (Å²) in [5.74, 6) is 0.126. The lowest BCUT2D eigenvalue weighted by Gasteiger charge is -2.39. The van der Waals surface area contributed by atoms with Crippen molar-refractivity contribution in [1.29, 1.82) is 0 Å². The van der Waals surface area contributed by atoms with Crippen molar-refractivity contribution in [3.8, 4) is 11.5 Å². The van der Waals surface area contributed by atoms with E-state index in [0.29, 0.717) is 30.0 Å². The van der Waals surface area contributed by atoms with Gasteiger partial charge in [0.25, 0.3) is 0 Å². The number of carbonyl (C=O) groups excluding carboxylic acids is 1. The van der Waals surface area contributed by atoms with Gasteiger partial charge in [0.05, 0.1) is 19.8 Å². The largest absolute Gasteiger partial charge is 0.493 e. The van der Waals surface area contributed by atoms with Crippen molar-refractivity contribution < 1.29 is 27.4 Å². The highest BCUT2D eigenvalue weighted by Gasteiger charge is 2.54. The second-order valence-corrected chi connectivity index (χ2v) is 6.54. The molecule has 0 radical (unpaired) electrons. The van der Waals surface area contributed by atoms with Crippen LogP contribution in [0.1, 0.15) is 18.4 Å². The summed E-state index contributed by atoms with van der Waals surface area (Å²) in [7, 11) is 4.83. The van der Waals surface area contributed by atoms with Crippen LogP contribution < -0.4 is 9.47 Å². The lowest BCUT2D eigenvalue weighted by atomic mass is 9.67. The van der Waals surface area contributed by atoms with E-state index in [0.717, 1.165) is 6.08 Å². The average Bonchev–Trinajstić information content (AvgIpc) is 2.90. The number of likely N-dealkylation sites (N-methyl/N-ethyl adjacent to an activating group) is 1. The highest BCUT2D eigenvalue weighted by molar-refractivity contribution is 5.98. The summed E-state index contributed by atoms with van der Waals surface area (Å²) >= 11 is 0. The van der Waals surface area contributed by atoms with Crippen LogP contribution in [0.3, 0.4) is 0 Å². The molecule has 7 heteroatoms. The van der Waals surface area contributed by atoms with E-state index >= 15 is 0 Å². The maximum Gasteiger partial charge on any atom is 0.419 e. The van der Waals surface area contributed by atoms with Gasteiger partial charge in [-0.1, -0.05) is 12.1 Å². The predicted octanol–water partition coefficient (Wildman–Crippen LogP) is 3.11. The molecule has 0 amide bonds. The van der Waals surface area contributed by atoms with Gasteiger partial charge in [0.2, 0.25) is 0 Å².